The Bertz CT molecular complexity index is 1790. The molecular weight excluding hydrogens is 716 g/mol. The maximum absolute atomic E-state index is 11.3. The maximum Gasteiger partial charge on any atom is 0.338 e. The zero-order valence-corrected chi connectivity index (χ0v) is 31.8. The van der Waals surface area contributed by atoms with Crippen molar-refractivity contribution >= 4 is 53.3 Å². The summed E-state index contributed by atoms with van der Waals surface area (Å²) in [7, 11) is 0. The highest BCUT2D eigenvalue weighted by atomic mass is 16.6. The minimum absolute atomic E-state index is 0.128. The molecule has 6 rings (SSSR count). The molecule has 1 saturated carbocycles. The Hall–Kier alpha value is -7.25. The van der Waals surface area contributed by atoms with Crippen molar-refractivity contribution in [3.05, 3.63) is 134 Å². The number of carbonyl (C=O) groups excluding carboxylic acids is 7. The molecule has 0 aromatic heterocycles. The molecule has 4 aliphatic rings. The van der Waals surface area contributed by atoms with Gasteiger partial charge in [0.05, 0.1) is 24.4 Å². The van der Waals surface area contributed by atoms with E-state index in [0.717, 1.165) is 42.7 Å². The zero-order valence-electron chi connectivity index (χ0n) is 31.8. The van der Waals surface area contributed by atoms with Crippen molar-refractivity contribution in [2.75, 3.05) is 11.5 Å². The largest absolute Gasteiger partial charge is 0.466 e. The average molecular weight is 763 g/mol. The van der Waals surface area contributed by atoms with Crippen molar-refractivity contribution in [1.29, 1.82) is 10.5 Å². The van der Waals surface area contributed by atoms with Crippen LogP contribution in [0.15, 0.2) is 129 Å². The lowest BCUT2D eigenvalue weighted by molar-refractivity contribution is -0.150. The van der Waals surface area contributed by atoms with E-state index < -0.39 is 11.9 Å². The van der Waals surface area contributed by atoms with Gasteiger partial charge in [-0.3, -0.25) is 28.9 Å². The molecule has 0 atom stereocenters. The SMILES string of the molecule is C=C(C)C#N.C=CC#N.C=Cc1ccccc1.CCOC(C)=O.O=C1C=CC(=O)N1C1CCCCC1.O=C1C=CC(=O)N1c1ccccc1.O=C1C=CC(=O)O1. The third kappa shape index (κ3) is 21.3. The number of benzene rings is 2. The average Bonchev–Trinajstić information content (AvgIpc) is 3.88. The summed E-state index contributed by atoms with van der Waals surface area (Å²) in [6.07, 6.45) is 16.0. The lowest BCUT2D eigenvalue weighted by Crippen LogP contribution is -2.41. The van der Waals surface area contributed by atoms with Crippen LogP contribution in [0.2, 0.25) is 0 Å². The fraction of sp³-hybridized carbons (Fsp3) is 0.233. The number of para-hydroxylation sites is 1. The van der Waals surface area contributed by atoms with Gasteiger partial charge in [-0.05, 0) is 44.4 Å². The highest BCUT2D eigenvalue weighted by Gasteiger charge is 2.31. The molecule has 0 bridgehead atoms. The maximum atomic E-state index is 11.3. The summed E-state index contributed by atoms with van der Waals surface area (Å²) < 4.78 is 8.38. The Morgan fingerprint density at radius 3 is 1.50 bits per heavy atom. The van der Waals surface area contributed by atoms with Gasteiger partial charge in [-0.1, -0.05) is 93.6 Å². The Morgan fingerprint density at radius 1 is 0.768 bits per heavy atom. The molecule has 2 aromatic rings. The number of amides is 4. The van der Waals surface area contributed by atoms with Crippen LogP contribution in [0.25, 0.3) is 6.08 Å². The third-order valence-corrected chi connectivity index (χ3v) is 6.83. The Balaban J connectivity index is 0.000000658. The Morgan fingerprint density at radius 2 is 1.20 bits per heavy atom. The smallest absolute Gasteiger partial charge is 0.338 e. The summed E-state index contributed by atoms with van der Waals surface area (Å²) in [6.45, 7) is 15.4. The van der Waals surface area contributed by atoms with Gasteiger partial charge in [-0.15, -0.1) is 0 Å². The van der Waals surface area contributed by atoms with Gasteiger partial charge < -0.3 is 9.47 Å². The number of nitriles is 2. The number of cyclic esters (lactones) is 2. The van der Waals surface area contributed by atoms with Gasteiger partial charge in [0.25, 0.3) is 23.6 Å². The standard InChI is InChI=1S/C10H13NO2.C10H7NO2.C8H8.C4H5N.C4H2O3.C4H8O2.C3H3N/c2*12-9-6-7-10(13)11(9)8-4-2-1-3-5-8;1-2-8-6-4-3-5-7-8;1-4(2)3-5;5-3-1-2-4(6)7-3;1-3-6-4(2)5;1-2-3-4/h6-8H,1-5H2;1-7H;2-7H,1H2;1H2,2H3;1-2H;3H2,1-2H3;2H,1H2. The normalized spacial score (nSPS) is 14.3. The summed E-state index contributed by atoms with van der Waals surface area (Å²) in [4.78, 5) is 77.2. The van der Waals surface area contributed by atoms with E-state index in [1.54, 1.807) is 44.2 Å². The van der Waals surface area contributed by atoms with Gasteiger partial charge in [0.1, 0.15) is 0 Å². The molecule has 56 heavy (non-hydrogen) atoms. The minimum Gasteiger partial charge on any atom is -0.466 e. The van der Waals surface area contributed by atoms with Gasteiger partial charge in [-0.25, -0.2) is 14.5 Å². The molecule has 292 valence electrons. The van der Waals surface area contributed by atoms with Gasteiger partial charge >= 0.3 is 17.9 Å². The van der Waals surface area contributed by atoms with Crippen LogP contribution < -0.4 is 4.90 Å². The van der Waals surface area contributed by atoms with Gasteiger partial charge in [0.15, 0.2) is 0 Å². The van der Waals surface area contributed by atoms with Crippen molar-refractivity contribution in [2.24, 2.45) is 0 Å². The highest BCUT2D eigenvalue weighted by Crippen LogP contribution is 2.24. The van der Waals surface area contributed by atoms with E-state index in [-0.39, 0.29) is 35.6 Å². The van der Waals surface area contributed by atoms with E-state index in [1.165, 1.54) is 54.2 Å². The molecule has 0 N–H and O–H groups in total. The molecule has 1 aliphatic carbocycles. The topological polar surface area (TPSA) is 192 Å². The lowest BCUT2D eigenvalue weighted by atomic mass is 9.94. The monoisotopic (exact) mass is 762 g/mol. The molecule has 3 heterocycles. The van der Waals surface area contributed by atoms with Crippen molar-refractivity contribution in [2.45, 2.75) is 58.9 Å². The van der Waals surface area contributed by atoms with Gasteiger partial charge in [0, 0.05) is 61.1 Å². The predicted octanol–water partition coefficient (Wildman–Crippen LogP) is 6.67. The summed E-state index contributed by atoms with van der Waals surface area (Å²) in [6, 6.07) is 22.6. The highest BCUT2D eigenvalue weighted by molar-refractivity contribution is 6.28. The molecule has 0 spiro atoms. The summed E-state index contributed by atoms with van der Waals surface area (Å²) >= 11 is 0. The Labute approximate surface area is 327 Å². The second kappa shape index (κ2) is 29.2. The second-order valence-electron chi connectivity index (χ2n) is 11.2. The van der Waals surface area contributed by atoms with Crippen LogP contribution in [-0.2, 0) is 43.0 Å². The van der Waals surface area contributed by atoms with Crippen LogP contribution >= 0.6 is 0 Å². The number of imide groups is 2. The number of allylic oxidation sites excluding steroid dienone is 2. The fourth-order valence-electron chi connectivity index (χ4n) is 4.44. The number of hydrogen-bond acceptors (Lipinski definition) is 11. The van der Waals surface area contributed by atoms with Gasteiger partial charge in [0.2, 0.25) is 0 Å². The van der Waals surface area contributed by atoms with Crippen LogP contribution in [0, 0.1) is 22.7 Å². The number of hydrogen-bond donors (Lipinski definition) is 0. The quantitative estimate of drug-likeness (QED) is 0.140. The first kappa shape index (κ1) is 48.8. The molecule has 4 amide bonds. The van der Waals surface area contributed by atoms with E-state index in [9.17, 15) is 33.6 Å². The van der Waals surface area contributed by atoms with Crippen LogP contribution in [0.5, 0.6) is 0 Å². The molecule has 0 saturated heterocycles. The lowest BCUT2D eigenvalue weighted by Gasteiger charge is -2.29. The van der Waals surface area contributed by atoms with Crippen molar-refractivity contribution in [3.63, 3.8) is 0 Å². The van der Waals surface area contributed by atoms with E-state index in [2.05, 4.69) is 29.2 Å². The molecule has 0 radical (unpaired) electrons. The number of esters is 3. The zero-order chi connectivity index (χ0) is 42.3. The first-order chi connectivity index (χ1) is 26.7. The summed E-state index contributed by atoms with van der Waals surface area (Å²) in [5.74, 6) is -2.19. The predicted molar refractivity (Wildman–Crippen MR) is 211 cm³/mol. The molecule has 1 fully saturated rings. The molecule has 0 unspecified atom stereocenters. The van der Waals surface area contributed by atoms with E-state index in [1.807, 2.05) is 48.5 Å². The summed E-state index contributed by atoms with van der Waals surface area (Å²) in [5, 5.41) is 15.3. The third-order valence-electron chi connectivity index (χ3n) is 6.83. The first-order valence-electron chi connectivity index (χ1n) is 17.2. The summed E-state index contributed by atoms with van der Waals surface area (Å²) in [5.41, 5.74) is 2.35. The molecular formula is C43H46N4O9. The first-order valence-corrected chi connectivity index (χ1v) is 17.2. The number of ether oxygens (including phenoxy) is 2. The molecule has 13 nitrogen and oxygen atoms in total. The van der Waals surface area contributed by atoms with Gasteiger partial charge in [-0.2, -0.15) is 10.5 Å². The minimum atomic E-state index is -0.579. The molecule has 13 heteroatoms. The Kier molecular flexibility index (Phi) is 25.4. The van der Waals surface area contributed by atoms with Crippen molar-refractivity contribution in [3.8, 4) is 12.1 Å². The van der Waals surface area contributed by atoms with Crippen LogP contribution in [0.4, 0.5) is 5.69 Å². The number of anilines is 1. The number of rotatable bonds is 4. The molecule has 3 aliphatic heterocycles. The number of nitrogens with zero attached hydrogens (tertiary/aromatic N) is 4. The van der Waals surface area contributed by atoms with E-state index in [0.29, 0.717) is 17.9 Å². The van der Waals surface area contributed by atoms with Crippen molar-refractivity contribution in [1.82, 2.24) is 4.90 Å². The van der Waals surface area contributed by atoms with Crippen LogP contribution in [0.3, 0.4) is 0 Å². The van der Waals surface area contributed by atoms with E-state index >= 15 is 0 Å². The van der Waals surface area contributed by atoms with Crippen LogP contribution in [0.1, 0.15) is 58.4 Å². The second-order valence-corrected chi connectivity index (χ2v) is 11.2. The van der Waals surface area contributed by atoms with Crippen molar-refractivity contribution < 1.29 is 43.0 Å². The van der Waals surface area contributed by atoms with Crippen LogP contribution in [-0.4, -0.2) is 59.1 Å². The fourth-order valence-corrected chi connectivity index (χ4v) is 4.44. The van der Waals surface area contributed by atoms with E-state index in [4.69, 9.17) is 10.5 Å². The molecule has 2 aromatic carbocycles. The number of carbonyl (C=O) groups is 7.